The molecule has 1 aromatic carbocycles. The number of aliphatic hydroxyl groups is 1. The molecule has 0 unspecified atom stereocenters. The van der Waals surface area contributed by atoms with Crippen LogP contribution in [0, 0.1) is 0 Å². The van der Waals surface area contributed by atoms with E-state index in [0.29, 0.717) is 19.5 Å². The highest BCUT2D eigenvalue weighted by atomic mass is 19.3. The third-order valence-electron chi connectivity index (χ3n) is 5.01. The highest BCUT2D eigenvalue weighted by Crippen LogP contribution is 2.35. The molecule has 1 aromatic rings. The normalized spacial score (nSPS) is 24.1. The molecular weight excluding hydrogens is 314 g/mol. The Morgan fingerprint density at radius 1 is 1.25 bits per heavy atom. The molecule has 1 N–H and O–H groups in total. The molecule has 2 aliphatic rings. The van der Waals surface area contributed by atoms with Gasteiger partial charge in [-0.1, -0.05) is 30.3 Å². The van der Waals surface area contributed by atoms with Crippen LogP contribution >= 0.6 is 0 Å². The Hall–Kier alpha value is -1.53. The summed E-state index contributed by atoms with van der Waals surface area (Å²) in [5, 5.41) is 9.28. The van der Waals surface area contributed by atoms with Crippen LogP contribution < -0.4 is 0 Å². The van der Waals surface area contributed by atoms with Crippen LogP contribution in [0.4, 0.5) is 8.78 Å². The number of aliphatic hydroxyl groups excluding tert-OH is 1. The summed E-state index contributed by atoms with van der Waals surface area (Å²) in [6.07, 6.45) is 1.87. The molecule has 24 heavy (non-hydrogen) atoms. The van der Waals surface area contributed by atoms with Gasteiger partial charge in [0, 0.05) is 38.0 Å². The van der Waals surface area contributed by atoms with Crippen molar-refractivity contribution in [1.82, 2.24) is 9.80 Å². The van der Waals surface area contributed by atoms with Gasteiger partial charge in [-0.25, -0.2) is 8.78 Å². The van der Waals surface area contributed by atoms with Crippen molar-refractivity contribution < 1.29 is 18.7 Å². The van der Waals surface area contributed by atoms with Gasteiger partial charge in [-0.15, -0.1) is 0 Å². The summed E-state index contributed by atoms with van der Waals surface area (Å²) in [6, 6.07) is 9.51. The number of benzene rings is 1. The van der Waals surface area contributed by atoms with Gasteiger partial charge in [0.25, 0.3) is 5.92 Å². The minimum Gasteiger partial charge on any atom is -0.395 e. The number of alkyl halides is 2. The number of rotatable bonds is 6. The highest BCUT2D eigenvalue weighted by Gasteiger charge is 2.49. The first-order chi connectivity index (χ1) is 11.5. The number of hydrogen-bond acceptors (Lipinski definition) is 3. The second kappa shape index (κ2) is 7.15. The molecule has 2 aliphatic heterocycles. The first kappa shape index (κ1) is 17.3. The van der Waals surface area contributed by atoms with Crippen molar-refractivity contribution in [2.45, 2.75) is 43.7 Å². The average Bonchev–Trinajstić information content (AvgIpc) is 2.81. The standard InChI is InChI=1S/C18H24F2N2O2/c19-18(20)9-15(12-23)22(13-18)16-10-21(11-16)17(24)8-4-7-14-5-2-1-3-6-14/h1-3,5-6,15-16,23H,4,7-13H2/t15-/m0/s1. The fourth-order valence-corrected chi connectivity index (χ4v) is 3.63. The molecule has 4 nitrogen and oxygen atoms in total. The smallest absolute Gasteiger partial charge is 0.262 e. The Kier molecular flexibility index (Phi) is 5.15. The van der Waals surface area contributed by atoms with E-state index >= 15 is 0 Å². The van der Waals surface area contributed by atoms with E-state index in [1.165, 1.54) is 5.56 Å². The van der Waals surface area contributed by atoms with Crippen molar-refractivity contribution >= 4 is 5.91 Å². The van der Waals surface area contributed by atoms with Gasteiger partial charge in [-0.3, -0.25) is 9.69 Å². The minimum atomic E-state index is -2.73. The molecule has 0 aromatic heterocycles. The average molecular weight is 338 g/mol. The topological polar surface area (TPSA) is 43.8 Å². The lowest BCUT2D eigenvalue weighted by molar-refractivity contribution is -0.139. The monoisotopic (exact) mass is 338 g/mol. The van der Waals surface area contributed by atoms with Crippen molar-refractivity contribution in [1.29, 1.82) is 0 Å². The van der Waals surface area contributed by atoms with Gasteiger partial charge in [0.05, 0.1) is 13.2 Å². The molecule has 0 bridgehead atoms. The molecule has 2 heterocycles. The lowest BCUT2D eigenvalue weighted by atomic mass is 10.0. The van der Waals surface area contributed by atoms with Crippen LogP contribution in [0.3, 0.4) is 0 Å². The fourth-order valence-electron chi connectivity index (χ4n) is 3.63. The van der Waals surface area contributed by atoms with E-state index in [1.54, 1.807) is 9.80 Å². The van der Waals surface area contributed by atoms with Gasteiger partial charge < -0.3 is 10.0 Å². The summed E-state index contributed by atoms with van der Waals surface area (Å²) in [7, 11) is 0. The number of halogens is 2. The summed E-state index contributed by atoms with van der Waals surface area (Å²) in [5.74, 6) is -2.64. The molecule has 0 radical (unpaired) electrons. The number of hydrogen-bond donors (Lipinski definition) is 1. The van der Waals surface area contributed by atoms with Crippen molar-refractivity contribution in [3.05, 3.63) is 35.9 Å². The van der Waals surface area contributed by atoms with Gasteiger partial charge in [0.2, 0.25) is 5.91 Å². The van der Waals surface area contributed by atoms with Gasteiger partial charge in [0.1, 0.15) is 0 Å². The summed E-state index contributed by atoms with van der Waals surface area (Å²) in [4.78, 5) is 15.6. The van der Waals surface area contributed by atoms with Crippen molar-refractivity contribution in [3.8, 4) is 0 Å². The zero-order chi connectivity index (χ0) is 17.2. The minimum absolute atomic E-state index is 0.0476. The SMILES string of the molecule is O=C(CCCc1ccccc1)N1CC(N2CC(F)(F)C[C@H]2CO)C1. The van der Waals surface area contributed by atoms with E-state index in [9.17, 15) is 18.7 Å². The predicted molar refractivity (Wildman–Crippen MR) is 86.9 cm³/mol. The second-order valence-electron chi connectivity index (χ2n) is 6.86. The maximum Gasteiger partial charge on any atom is 0.262 e. The second-order valence-corrected chi connectivity index (χ2v) is 6.86. The number of nitrogens with zero attached hydrogens (tertiary/aromatic N) is 2. The Balaban J connectivity index is 1.40. The van der Waals surface area contributed by atoms with Crippen LogP contribution in [0.1, 0.15) is 24.8 Å². The number of carbonyl (C=O) groups excluding carboxylic acids is 1. The van der Waals surface area contributed by atoms with E-state index in [1.807, 2.05) is 30.3 Å². The quantitative estimate of drug-likeness (QED) is 0.862. The molecule has 132 valence electrons. The molecule has 2 fully saturated rings. The van der Waals surface area contributed by atoms with Crippen molar-refractivity contribution in [2.24, 2.45) is 0 Å². The lowest BCUT2D eigenvalue weighted by Gasteiger charge is -2.45. The molecule has 0 aliphatic carbocycles. The Labute approximate surface area is 141 Å². The Morgan fingerprint density at radius 2 is 1.96 bits per heavy atom. The number of aryl methyl sites for hydroxylation is 1. The zero-order valence-corrected chi connectivity index (χ0v) is 13.7. The van der Waals surface area contributed by atoms with E-state index in [0.717, 1.165) is 12.8 Å². The van der Waals surface area contributed by atoms with Gasteiger partial charge in [-0.05, 0) is 18.4 Å². The molecule has 6 heteroatoms. The molecule has 0 saturated carbocycles. The van der Waals surface area contributed by atoms with Gasteiger partial charge in [-0.2, -0.15) is 0 Å². The van der Waals surface area contributed by atoms with Crippen molar-refractivity contribution in [3.63, 3.8) is 0 Å². The first-order valence-corrected chi connectivity index (χ1v) is 8.54. The fraction of sp³-hybridized carbons (Fsp3) is 0.611. The van der Waals surface area contributed by atoms with Gasteiger partial charge in [0.15, 0.2) is 0 Å². The number of amides is 1. The highest BCUT2D eigenvalue weighted by molar-refractivity contribution is 5.77. The predicted octanol–water partition coefficient (Wildman–Crippen LogP) is 1.92. The first-order valence-electron chi connectivity index (χ1n) is 8.54. The van der Waals surface area contributed by atoms with E-state index in [2.05, 4.69) is 0 Å². The molecule has 2 saturated heterocycles. The third-order valence-corrected chi connectivity index (χ3v) is 5.01. The van der Waals surface area contributed by atoms with Crippen molar-refractivity contribution in [2.75, 3.05) is 26.2 Å². The summed E-state index contributed by atoms with van der Waals surface area (Å²) < 4.78 is 27.0. The Morgan fingerprint density at radius 3 is 2.62 bits per heavy atom. The van der Waals surface area contributed by atoms with Crippen LogP contribution in [-0.4, -0.2) is 65.1 Å². The van der Waals surface area contributed by atoms with Gasteiger partial charge >= 0.3 is 0 Å². The van der Waals surface area contributed by atoms with Crippen LogP contribution in [0.5, 0.6) is 0 Å². The number of carbonyl (C=O) groups is 1. The molecule has 0 spiro atoms. The van der Waals surface area contributed by atoms with E-state index in [4.69, 9.17) is 0 Å². The number of likely N-dealkylation sites (tertiary alicyclic amines) is 2. The molecule has 1 amide bonds. The summed E-state index contributed by atoms with van der Waals surface area (Å²) >= 11 is 0. The summed E-state index contributed by atoms with van der Waals surface area (Å²) in [5.41, 5.74) is 1.22. The van der Waals surface area contributed by atoms with Crippen LogP contribution in [0.25, 0.3) is 0 Å². The maximum absolute atomic E-state index is 13.5. The third kappa shape index (κ3) is 3.92. The molecular formula is C18H24F2N2O2. The molecule has 1 atom stereocenters. The van der Waals surface area contributed by atoms with E-state index in [-0.39, 0.29) is 31.5 Å². The Bertz CT molecular complexity index is 561. The van der Waals surface area contributed by atoms with Crippen LogP contribution in [0.2, 0.25) is 0 Å². The maximum atomic E-state index is 13.5. The summed E-state index contributed by atoms with van der Waals surface area (Å²) in [6.45, 7) is 0.434. The van der Waals surface area contributed by atoms with Crippen LogP contribution in [0.15, 0.2) is 30.3 Å². The van der Waals surface area contributed by atoms with Crippen LogP contribution in [-0.2, 0) is 11.2 Å². The zero-order valence-electron chi connectivity index (χ0n) is 13.7. The molecule has 3 rings (SSSR count). The lowest BCUT2D eigenvalue weighted by Crippen LogP contribution is -2.62. The largest absolute Gasteiger partial charge is 0.395 e. The van der Waals surface area contributed by atoms with E-state index < -0.39 is 12.0 Å².